The van der Waals surface area contributed by atoms with Gasteiger partial charge in [0.05, 0.1) is 13.6 Å². The fourth-order valence-corrected chi connectivity index (χ4v) is 7.63. The summed E-state index contributed by atoms with van der Waals surface area (Å²) in [4.78, 5) is 0. The smallest absolute Gasteiger partial charge is 0.216 e. The zero-order valence-electron chi connectivity index (χ0n) is 24.4. The first-order chi connectivity index (χ1) is 18.6. The molecular weight excluding hydrogens is 490 g/mol. The molecule has 0 aliphatic heterocycles. The van der Waals surface area contributed by atoms with Crippen molar-refractivity contribution >= 4 is 46.1 Å². The first-order valence-electron chi connectivity index (χ1n) is 14.0. The lowest BCUT2D eigenvalue weighted by Gasteiger charge is -2.20. The maximum absolute atomic E-state index is 6.93. The van der Waals surface area contributed by atoms with Gasteiger partial charge < -0.3 is 4.42 Å². The van der Waals surface area contributed by atoms with Crippen molar-refractivity contribution in [3.8, 4) is 22.4 Å². The van der Waals surface area contributed by atoms with Crippen molar-refractivity contribution in [2.24, 2.45) is 7.05 Å². The minimum atomic E-state index is -1.63. The second-order valence-corrected chi connectivity index (χ2v) is 17.4. The molecule has 4 aromatic carbocycles. The highest BCUT2D eigenvalue weighted by atomic mass is 28.3. The summed E-state index contributed by atoms with van der Waals surface area (Å²) in [6, 6.07) is 29.1. The van der Waals surface area contributed by atoms with E-state index in [9.17, 15) is 0 Å². The third-order valence-corrected chi connectivity index (χ3v) is 10.5. The topological polar surface area (TPSA) is 17.0 Å². The summed E-state index contributed by atoms with van der Waals surface area (Å²) >= 11 is 0. The molecule has 0 amide bonds. The number of pyridine rings is 1. The number of fused-ring (bicyclic) bond motifs is 4. The van der Waals surface area contributed by atoms with Crippen molar-refractivity contribution in [2.75, 3.05) is 0 Å². The molecule has 2 nitrogen and oxygen atoms in total. The highest BCUT2D eigenvalue weighted by molar-refractivity contribution is 6.90. The molecule has 0 fully saturated rings. The van der Waals surface area contributed by atoms with Crippen LogP contribution in [-0.2, 0) is 7.05 Å². The molecule has 196 valence electrons. The Morgan fingerprint density at radius 3 is 2.13 bits per heavy atom. The lowest BCUT2D eigenvalue weighted by atomic mass is 9.95. The lowest BCUT2D eigenvalue weighted by molar-refractivity contribution is -0.633. The Balaban J connectivity index is 1.69. The molecule has 0 spiro atoms. The van der Waals surface area contributed by atoms with Crippen LogP contribution in [0.4, 0.5) is 0 Å². The molecule has 0 radical (unpaired) electrons. The summed E-state index contributed by atoms with van der Waals surface area (Å²) in [6.07, 6.45) is 0. The van der Waals surface area contributed by atoms with Crippen LogP contribution in [0, 0.1) is 13.8 Å². The molecule has 0 bridgehead atoms. The third-order valence-electron chi connectivity index (χ3n) is 8.46. The fraction of sp³-hybridized carbons (Fsp3) is 0.250. The zero-order chi connectivity index (χ0) is 27.6. The number of aryl methyl sites for hydroxylation is 2. The Labute approximate surface area is 232 Å². The third kappa shape index (κ3) is 4.11. The van der Waals surface area contributed by atoms with Gasteiger partial charge in [-0.1, -0.05) is 88.1 Å². The number of aromatic nitrogens is 1. The van der Waals surface area contributed by atoms with E-state index in [4.69, 9.17) is 4.42 Å². The summed E-state index contributed by atoms with van der Waals surface area (Å²) in [5, 5.41) is 5.21. The first kappa shape index (κ1) is 25.6. The van der Waals surface area contributed by atoms with E-state index in [0.29, 0.717) is 5.92 Å². The van der Waals surface area contributed by atoms with Crippen LogP contribution in [0.3, 0.4) is 0 Å². The average molecular weight is 529 g/mol. The molecule has 2 aromatic heterocycles. The maximum atomic E-state index is 6.93. The fourth-order valence-electron chi connectivity index (χ4n) is 6.04. The summed E-state index contributed by atoms with van der Waals surface area (Å²) in [7, 11) is 0.573. The number of hydrogen-bond acceptors (Lipinski definition) is 1. The normalized spacial score (nSPS) is 12.3. The van der Waals surface area contributed by atoms with Crippen LogP contribution in [0.15, 0.2) is 83.3 Å². The molecule has 3 heteroatoms. The van der Waals surface area contributed by atoms with Crippen molar-refractivity contribution < 1.29 is 8.98 Å². The van der Waals surface area contributed by atoms with E-state index < -0.39 is 8.07 Å². The van der Waals surface area contributed by atoms with Gasteiger partial charge in [-0.15, -0.1) is 0 Å². The molecule has 0 aliphatic rings. The minimum absolute atomic E-state index is 0.512. The van der Waals surface area contributed by atoms with Gasteiger partial charge in [0.1, 0.15) is 18.2 Å². The SMILES string of the molecule is Cc1cc2c(oc3c(-c4ccc(C(C)C)cc4)cccc32)c(-c2cc([Si](C)(C)C)c3ccccc3[n+]2C)c1C. The second-order valence-electron chi connectivity index (χ2n) is 12.4. The van der Waals surface area contributed by atoms with Gasteiger partial charge in [0, 0.05) is 33.9 Å². The lowest BCUT2D eigenvalue weighted by Crippen LogP contribution is -2.43. The van der Waals surface area contributed by atoms with Crippen LogP contribution in [0.1, 0.15) is 36.5 Å². The highest BCUT2D eigenvalue weighted by Crippen LogP contribution is 2.42. The molecule has 0 saturated heterocycles. The van der Waals surface area contributed by atoms with Gasteiger partial charge in [-0.2, -0.15) is 4.57 Å². The summed E-state index contributed by atoms with van der Waals surface area (Å²) in [6.45, 7) is 16.3. The van der Waals surface area contributed by atoms with Crippen LogP contribution < -0.4 is 9.75 Å². The molecule has 0 unspecified atom stereocenters. The molecule has 6 rings (SSSR count). The van der Waals surface area contributed by atoms with Gasteiger partial charge in [0.2, 0.25) is 11.2 Å². The van der Waals surface area contributed by atoms with Crippen LogP contribution in [0.25, 0.3) is 55.2 Å². The van der Waals surface area contributed by atoms with Gasteiger partial charge in [0.25, 0.3) is 0 Å². The molecule has 0 atom stereocenters. The van der Waals surface area contributed by atoms with Crippen molar-refractivity contribution in [2.45, 2.75) is 53.3 Å². The van der Waals surface area contributed by atoms with Crippen LogP contribution in [-0.4, -0.2) is 8.07 Å². The van der Waals surface area contributed by atoms with Gasteiger partial charge >= 0.3 is 0 Å². The molecule has 0 N–H and O–H groups in total. The Morgan fingerprint density at radius 1 is 0.744 bits per heavy atom. The molecule has 2 heterocycles. The van der Waals surface area contributed by atoms with Crippen LogP contribution in [0.5, 0.6) is 0 Å². The molecule has 0 saturated carbocycles. The number of hydrogen-bond donors (Lipinski definition) is 0. The molecule has 6 aromatic rings. The average Bonchev–Trinajstić information content (AvgIpc) is 3.27. The van der Waals surface area contributed by atoms with Gasteiger partial charge in [0.15, 0.2) is 0 Å². The van der Waals surface area contributed by atoms with Gasteiger partial charge in [-0.05, 0) is 59.3 Å². The van der Waals surface area contributed by atoms with E-state index in [2.05, 4.69) is 138 Å². The Hall–Kier alpha value is -3.69. The standard InChI is InChI=1S/C36H38NOSi/c1-22(2)25-16-18-26(19-17-25)27-13-11-14-28-30-20-23(3)24(4)34(36(30)38-35(27)28)32-21-33(39(6,7)8)29-12-9-10-15-31(29)37(32)5/h9-22H,1-8H3/q+1. The van der Waals surface area contributed by atoms with E-state index in [-0.39, 0.29) is 0 Å². The Bertz CT molecular complexity index is 1890. The number of rotatable bonds is 4. The van der Waals surface area contributed by atoms with E-state index >= 15 is 0 Å². The number of benzene rings is 4. The monoisotopic (exact) mass is 528 g/mol. The predicted octanol–water partition coefficient (Wildman–Crippen LogP) is 9.18. The summed E-state index contributed by atoms with van der Waals surface area (Å²) in [5.74, 6) is 0.512. The largest absolute Gasteiger partial charge is 0.454 e. The zero-order valence-corrected chi connectivity index (χ0v) is 25.4. The number of furan rings is 1. The number of nitrogens with zero attached hydrogens (tertiary/aromatic N) is 1. The molecular formula is C36H38NOSi+. The van der Waals surface area contributed by atoms with Crippen molar-refractivity contribution in [3.63, 3.8) is 0 Å². The molecule has 39 heavy (non-hydrogen) atoms. The van der Waals surface area contributed by atoms with E-state index in [0.717, 1.165) is 16.7 Å². The minimum Gasteiger partial charge on any atom is -0.454 e. The summed E-state index contributed by atoms with van der Waals surface area (Å²) in [5.41, 5.74) is 11.9. The van der Waals surface area contributed by atoms with Crippen molar-refractivity contribution in [1.29, 1.82) is 0 Å². The van der Waals surface area contributed by atoms with Gasteiger partial charge in [-0.25, -0.2) is 0 Å². The Kier molecular flexibility index (Phi) is 6.04. The molecule has 0 aliphatic carbocycles. The highest BCUT2D eigenvalue weighted by Gasteiger charge is 2.29. The summed E-state index contributed by atoms with van der Waals surface area (Å²) < 4.78 is 9.29. The van der Waals surface area contributed by atoms with Crippen molar-refractivity contribution in [3.05, 3.63) is 95.6 Å². The predicted molar refractivity (Wildman–Crippen MR) is 170 cm³/mol. The van der Waals surface area contributed by atoms with Gasteiger partial charge in [-0.3, -0.25) is 0 Å². The van der Waals surface area contributed by atoms with Crippen LogP contribution >= 0.6 is 0 Å². The van der Waals surface area contributed by atoms with Crippen molar-refractivity contribution in [1.82, 2.24) is 0 Å². The Morgan fingerprint density at radius 2 is 1.44 bits per heavy atom. The quantitative estimate of drug-likeness (QED) is 0.165. The van der Waals surface area contributed by atoms with E-state index in [1.807, 2.05) is 0 Å². The first-order valence-corrected chi connectivity index (χ1v) is 17.5. The van der Waals surface area contributed by atoms with E-state index in [1.165, 1.54) is 60.4 Å². The van der Waals surface area contributed by atoms with E-state index in [1.54, 1.807) is 0 Å². The second kappa shape index (κ2) is 9.20. The maximum Gasteiger partial charge on any atom is 0.216 e. The number of para-hydroxylation sites is 2. The van der Waals surface area contributed by atoms with Crippen LogP contribution in [0.2, 0.25) is 19.6 Å².